The van der Waals surface area contributed by atoms with Gasteiger partial charge < -0.3 is 24.8 Å². The molecule has 0 bridgehead atoms. The second-order valence-corrected chi connectivity index (χ2v) is 5.86. The van der Waals surface area contributed by atoms with Gasteiger partial charge in [0.1, 0.15) is 0 Å². The zero-order valence-corrected chi connectivity index (χ0v) is 15.5. The minimum Gasteiger partial charge on any atom is -0.382 e. The molecule has 138 valence electrons. The van der Waals surface area contributed by atoms with Crippen LogP contribution in [0.3, 0.4) is 0 Å². The first-order valence-corrected chi connectivity index (χ1v) is 8.70. The van der Waals surface area contributed by atoms with E-state index in [1.54, 1.807) is 7.11 Å². The Labute approximate surface area is 141 Å². The van der Waals surface area contributed by atoms with Gasteiger partial charge in [0.2, 0.25) is 0 Å². The predicted octanol–water partition coefficient (Wildman–Crippen LogP) is 1.38. The lowest BCUT2D eigenvalue weighted by Gasteiger charge is -2.18. The summed E-state index contributed by atoms with van der Waals surface area (Å²) < 4.78 is 16.3. The van der Waals surface area contributed by atoms with Crippen LogP contribution in [0.2, 0.25) is 0 Å². The smallest absolute Gasteiger partial charge is 0.163 e. The predicted molar refractivity (Wildman–Crippen MR) is 93.0 cm³/mol. The van der Waals surface area contributed by atoms with Gasteiger partial charge in [-0.1, -0.05) is 6.92 Å². The molecule has 23 heavy (non-hydrogen) atoms. The normalized spacial score (nSPS) is 15.3. The van der Waals surface area contributed by atoms with Crippen LogP contribution in [0.4, 0.5) is 0 Å². The fourth-order valence-corrected chi connectivity index (χ4v) is 1.95. The first kappa shape index (κ1) is 22.5. The Kier molecular flexibility index (Phi) is 14.7. The molecule has 0 saturated carbocycles. The van der Waals surface area contributed by atoms with Gasteiger partial charge in [-0.25, -0.2) is 0 Å². The van der Waals surface area contributed by atoms with E-state index in [4.69, 9.17) is 14.2 Å². The molecule has 3 atom stereocenters. The van der Waals surface area contributed by atoms with Crippen LogP contribution in [-0.4, -0.2) is 70.6 Å². The van der Waals surface area contributed by atoms with E-state index in [9.17, 15) is 4.79 Å². The van der Waals surface area contributed by atoms with E-state index in [-0.39, 0.29) is 24.0 Å². The van der Waals surface area contributed by atoms with Crippen LogP contribution in [0, 0.1) is 0 Å². The number of carbonyl (C=O) groups excluding carboxylic acids is 1. The highest BCUT2D eigenvalue weighted by Gasteiger charge is 2.12. The van der Waals surface area contributed by atoms with Crippen LogP contribution in [0.15, 0.2) is 0 Å². The third-order valence-corrected chi connectivity index (χ3v) is 3.65. The summed E-state index contributed by atoms with van der Waals surface area (Å²) in [6, 6.07) is -0.115. The van der Waals surface area contributed by atoms with Crippen LogP contribution in [-0.2, 0) is 19.0 Å². The van der Waals surface area contributed by atoms with Gasteiger partial charge in [0.15, 0.2) is 5.78 Å². The lowest BCUT2D eigenvalue weighted by Crippen LogP contribution is -2.40. The Hall–Kier alpha value is -0.530. The molecule has 2 N–H and O–H groups in total. The molecule has 0 rings (SSSR count). The maximum atomic E-state index is 11.8. The van der Waals surface area contributed by atoms with E-state index in [0.29, 0.717) is 26.4 Å². The molecule has 0 spiro atoms. The highest BCUT2D eigenvalue weighted by Crippen LogP contribution is 2.02. The fourth-order valence-electron chi connectivity index (χ4n) is 1.95. The minimum absolute atomic E-state index is 0.115. The van der Waals surface area contributed by atoms with Crippen molar-refractivity contribution in [3.63, 3.8) is 0 Å². The fraction of sp³-hybridized carbons (Fsp3) is 0.941. The zero-order valence-electron chi connectivity index (χ0n) is 15.5. The number of hydrogen-bond donors (Lipinski definition) is 2. The maximum absolute atomic E-state index is 11.8. The molecule has 0 aliphatic rings. The van der Waals surface area contributed by atoms with E-state index < -0.39 is 0 Å². The van der Waals surface area contributed by atoms with Crippen molar-refractivity contribution in [3.8, 4) is 0 Å². The highest BCUT2D eigenvalue weighted by molar-refractivity contribution is 5.85. The average molecular weight is 332 g/mol. The summed E-state index contributed by atoms with van der Waals surface area (Å²) in [6.07, 6.45) is 2.11. The van der Waals surface area contributed by atoms with Crippen LogP contribution in [0.1, 0.15) is 40.5 Å². The first-order chi connectivity index (χ1) is 11.0. The topological polar surface area (TPSA) is 68.8 Å². The van der Waals surface area contributed by atoms with Gasteiger partial charge in [0.05, 0.1) is 38.0 Å². The number of nitrogens with one attached hydrogen (secondary N) is 2. The Balaban J connectivity index is 3.59. The molecule has 0 heterocycles. The van der Waals surface area contributed by atoms with Crippen molar-refractivity contribution in [1.82, 2.24) is 10.6 Å². The van der Waals surface area contributed by atoms with Crippen LogP contribution < -0.4 is 10.6 Å². The summed E-state index contributed by atoms with van der Waals surface area (Å²) in [5.74, 6) is 0.197. The monoisotopic (exact) mass is 332 g/mol. The number of ketones is 1. The van der Waals surface area contributed by atoms with Crippen molar-refractivity contribution >= 4 is 5.78 Å². The van der Waals surface area contributed by atoms with Gasteiger partial charge >= 0.3 is 0 Å². The highest BCUT2D eigenvalue weighted by atomic mass is 16.5. The standard InChI is InChI=1S/C17H36N2O4/c1-6-18-13-17(20)16(4)19-9-7-14(2)22-10-8-15(3)23-12-11-21-5/h14-16,18-19H,6-13H2,1-5H3. The number of Topliss-reactive ketones (excluding diaryl/α,β-unsaturated/α-hetero) is 1. The third kappa shape index (κ3) is 13.6. The van der Waals surface area contributed by atoms with Crippen LogP contribution in [0.25, 0.3) is 0 Å². The number of hydrogen-bond acceptors (Lipinski definition) is 6. The Morgan fingerprint density at radius 1 is 1.00 bits per heavy atom. The lowest BCUT2D eigenvalue weighted by molar-refractivity contribution is -0.119. The van der Waals surface area contributed by atoms with Crippen LogP contribution >= 0.6 is 0 Å². The molecule has 0 aliphatic carbocycles. The second kappa shape index (κ2) is 15.0. The maximum Gasteiger partial charge on any atom is 0.163 e. The summed E-state index contributed by atoms with van der Waals surface area (Å²) in [4.78, 5) is 11.8. The van der Waals surface area contributed by atoms with Gasteiger partial charge in [0.25, 0.3) is 0 Å². The summed E-state index contributed by atoms with van der Waals surface area (Å²) in [7, 11) is 1.67. The number of rotatable bonds is 16. The lowest BCUT2D eigenvalue weighted by atomic mass is 10.2. The molecule has 6 nitrogen and oxygen atoms in total. The third-order valence-electron chi connectivity index (χ3n) is 3.65. The van der Waals surface area contributed by atoms with Gasteiger partial charge in [-0.05, 0) is 46.7 Å². The van der Waals surface area contributed by atoms with Crippen molar-refractivity contribution in [1.29, 1.82) is 0 Å². The quantitative estimate of drug-likeness (QED) is 0.416. The zero-order chi connectivity index (χ0) is 17.5. The van der Waals surface area contributed by atoms with Crippen LogP contribution in [0.5, 0.6) is 0 Å². The minimum atomic E-state index is -0.115. The van der Waals surface area contributed by atoms with Gasteiger partial charge in [0, 0.05) is 13.7 Å². The molecule has 0 amide bonds. The molecular weight excluding hydrogens is 296 g/mol. The number of carbonyl (C=O) groups is 1. The van der Waals surface area contributed by atoms with Crippen molar-refractivity contribution in [3.05, 3.63) is 0 Å². The summed E-state index contributed by atoms with van der Waals surface area (Å²) in [5, 5.41) is 6.30. The van der Waals surface area contributed by atoms with E-state index in [0.717, 1.165) is 25.9 Å². The van der Waals surface area contributed by atoms with E-state index in [1.165, 1.54) is 0 Å². The average Bonchev–Trinajstić information content (AvgIpc) is 2.52. The first-order valence-electron chi connectivity index (χ1n) is 8.70. The SMILES string of the molecule is CCNCC(=O)C(C)NCCC(C)OCCC(C)OCCOC. The number of ether oxygens (including phenoxy) is 3. The second-order valence-electron chi connectivity index (χ2n) is 5.86. The Morgan fingerprint density at radius 3 is 2.30 bits per heavy atom. The van der Waals surface area contributed by atoms with E-state index in [2.05, 4.69) is 17.6 Å². The molecular formula is C17H36N2O4. The number of likely N-dealkylation sites (N-methyl/N-ethyl adjacent to an activating group) is 1. The summed E-state index contributed by atoms with van der Waals surface area (Å²) in [5.41, 5.74) is 0. The Bertz CT molecular complexity index is 290. The van der Waals surface area contributed by atoms with Gasteiger partial charge in [-0.2, -0.15) is 0 Å². The molecule has 0 aromatic rings. The van der Waals surface area contributed by atoms with Gasteiger partial charge in [-0.15, -0.1) is 0 Å². The van der Waals surface area contributed by atoms with Crippen molar-refractivity contribution in [2.24, 2.45) is 0 Å². The number of methoxy groups -OCH3 is 1. The molecule has 3 unspecified atom stereocenters. The van der Waals surface area contributed by atoms with Crippen molar-refractivity contribution in [2.45, 2.75) is 58.8 Å². The molecule has 0 saturated heterocycles. The summed E-state index contributed by atoms with van der Waals surface area (Å²) >= 11 is 0. The molecule has 0 aromatic carbocycles. The van der Waals surface area contributed by atoms with Gasteiger partial charge in [-0.3, -0.25) is 4.79 Å². The summed E-state index contributed by atoms with van der Waals surface area (Å²) in [6.45, 7) is 12.0. The largest absolute Gasteiger partial charge is 0.382 e. The molecule has 0 radical (unpaired) electrons. The van der Waals surface area contributed by atoms with E-state index >= 15 is 0 Å². The molecule has 6 heteroatoms. The molecule has 0 aliphatic heterocycles. The molecule has 0 aromatic heterocycles. The van der Waals surface area contributed by atoms with E-state index in [1.807, 2.05) is 20.8 Å². The van der Waals surface area contributed by atoms with Crippen molar-refractivity contribution in [2.75, 3.05) is 46.6 Å². The Morgan fingerprint density at radius 2 is 1.65 bits per heavy atom. The molecule has 0 fully saturated rings. The van der Waals surface area contributed by atoms with Crippen molar-refractivity contribution < 1.29 is 19.0 Å².